The molecule has 0 aromatic heterocycles. The minimum absolute atomic E-state index is 0.193. The summed E-state index contributed by atoms with van der Waals surface area (Å²) in [5.74, 6) is 0. The fourth-order valence-electron chi connectivity index (χ4n) is 1.69. The first kappa shape index (κ1) is 15.7. The van der Waals surface area contributed by atoms with E-state index in [1.54, 1.807) is 24.3 Å². The first-order valence-corrected chi connectivity index (χ1v) is 8.90. The highest BCUT2D eigenvalue weighted by molar-refractivity contribution is 9.09. The molecular formula is C15H15BrN2O2S. The average Bonchev–Trinajstić information content (AvgIpc) is 2.49. The number of benzene rings is 2. The van der Waals surface area contributed by atoms with Gasteiger partial charge in [-0.05, 0) is 24.6 Å². The summed E-state index contributed by atoms with van der Waals surface area (Å²) in [5, 5.41) is 4.47. The van der Waals surface area contributed by atoms with E-state index in [4.69, 9.17) is 0 Å². The number of hydrogen-bond donors (Lipinski definition) is 1. The van der Waals surface area contributed by atoms with E-state index in [-0.39, 0.29) is 4.90 Å². The molecule has 2 rings (SSSR count). The molecule has 0 unspecified atom stereocenters. The quantitative estimate of drug-likeness (QED) is 0.502. The van der Waals surface area contributed by atoms with Gasteiger partial charge in [0.15, 0.2) is 0 Å². The van der Waals surface area contributed by atoms with Crippen molar-refractivity contribution in [1.29, 1.82) is 0 Å². The van der Waals surface area contributed by atoms with E-state index < -0.39 is 10.0 Å². The van der Waals surface area contributed by atoms with Gasteiger partial charge in [-0.3, -0.25) is 0 Å². The lowest BCUT2D eigenvalue weighted by Crippen LogP contribution is -2.21. The Balaban J connectivity index is 2.24. The van der Waals surface area contributed by atoms with Crippen LogP contribution in [0.1, 0.15) is 11.1 Å². The Hall–Kier alpha value is -1.66. The van der Waals surface area contributed by atoms with Crippen molar-refractivity contribution in [1.82, 2.24) is 4.83 Å². The first-order chi connectivity index (χ1) is 10.0. The van der Waals surface area contributed by atoms with Crippen LogP contribution in [0.4, 0.5) is 0 Å². The van der Waals surface area contributed by atoms with Gasteiger partial charge in [-0.25, -0.2) is 0 Å². The third-order valence-electron chi connectivity index (χ3n) is 2.87. The summed E-state index contributed by atoms with van der Waals surface area (Å²) in [6.07, 6.45) is 0. The summed E-state index contributed by atoms with van der Waals surface area (Å²) in [4.78, 5) is 2.47. The molecule has 0 saturated carbocycles. The molecule has 0 atom stereocenters. The molecule has 2 aromatic carbocycles. The Morgan fingerprint density at radius 1 is 1.10 bits per heavy atom. The van der Waals surface area contributed by atoms with E-state index in [1.165, 1.54) is 0 Å². The predicted molar refractivity (Wildman–Crippen MR) is 88.3 cm³/mol. The maximum atomic E-state index is 12.2. The summed E-state index contributed by atoms with van der Waals surface area (Å²) in [5.41, 5.74) is 2.48. The molecule has 110 valence electrons. The van der Waals surface area contributed by atoms with Gasteiger partial charge in [0.05, 0.1) is 10.6 Å². The fourth-order valence-corrected chi connectivity index (χ4v) is 2.97. The Morgan fingerprint density at radius 2 is 1.71 bits per heavy atom. The van der Waals surface area contributed by atoms with Gasteiger partial charge in [-0.15, -0.1) is 0 Å². The molecule has 0 aliphatic heterocycles. The van der Waals surface area contributed by atoms with Crippen molar-refractivity contribution in [3.8, 4) is 0 Å². The second-order valence-electron chi connectivity index (χ2n) is 4.47. The molecule has 21 heavy (non-hydrogen) atoms. The molecule has 0 fully saturated rings. The van der Waals surface area contributed by atoms with Gasteiger partial charge in [0.1, 0.15) is 0 Å². The van der Waals surface area contributed by atoms with E-state index in [1.807, 2.05) is 37.3 Å². The standard InChI is InChI=1S/C15H15BrN2O2S/c1-12-7-9-14(10-8-12)21(19,20)18-17-15(11-16)13-5-3-2-4-6-13/h2-10,18H,11H2,1H3/b17-15-. The summed E-state index contributed by atoms with van der Waals surface area (Å²) in [6.45, 7) is 1.90. The maximum Gasteiger partial charge on any atom is 0.276 e. The number of hydrazone groups is 1. The second kappa shape index (κ2) is 6.87. The second-order valence-corrected chi connectivity index (χ2v) is 6.69. The molecule has 0 amide bonds. The summed E-state index contributed by atoms with van der Waals surface area (Å²) in [6, 6.07) is 16.0. The maximum absolute atomic E-state index is 12.2. The fraction of sp³-hybridized carbons (Fsp3) is 0.133. The van der Waals surface area contributed by atoms with Crippen LogP contribution in [0, 0.1) is 6.92 Å². The molecule has 0 radical (unpaired) electrons. The first-order valence-electron chi connectivity index (χ1n) is 6.29. The Labute approximate surface area is 133 Å². The van der Waals surface area contributed by atoms with Crippen LogP contribution in [-0.4, -0.2) is 19.5 Å². The number of hydrogen-bond acceptors (Lipinski definition) is 3. The molecular weight excluding hydrogens is 352 g/mol. The minimum Gasteiger partial charge on any atom is -0.200 e. The molecule has 2 aromatic rings. The van der Waals surface area contributed by atoms with Crippen molar-refractivity contribution < 1.29 is 8.42 Å². The monoisotopic (exact) mass is 366 g/mol. The van der Waals surface area contributed by atoms with E-state index in [0.29, 0.717) is 11.0 Å². The zero-order chi connectivity index (χ0) is 15.3. The van der Waals surface area contributed by atoms with Gasteiger partial charge >= 0.3 is 0 Å². The SMILES string of the molecule is Cc1ccc(S(=O)(=O)N/N=C(/CBr)c2ccccc2)cc1. The highest BCUT2D eigenvalue weighted by Crippen LogP contribution is 2.10. The zero-order valence-corrected chi connectivity index (χ0v) is 13.9. The molecule has 0 aliphatic rings. The van der Waals surface area contributed by atoms with Crippen LogP contribution >= 0.6 is 15.9 Å². The lowest BCUT2D eigenvalue weighted by molar-refractivity contribution is 0.584. The van der Waals surface area contributed by atoms with E-state index in [2.05, 4.69) is 25.9 Å². The molecule has 0 bridgehead atoms. The number of alkyl halides is 1. The van der Waals surface area contributed by atoms with Crippen molar-refractivity contribution in [3.05, 3.63) is 65.7 Å². The van der Waals surface area contributed by atoms with Gasteiger partial charge in [-0.2, -0.15) is 18.4 Å². The van der Waals surface area contributed by atoms with Gasteiger partial charge in [0.25, 0.3) is 10.0 Å². The van der Waals surface area contributed by atoms with Crippen molar-refractivity contribution in [2.24, 2.45) is 5.10 Å². The molecule has 0 aliphatic carbocycles. The number of nitrogens with zero attached hydrogens (tertiary/aromatic N) is 1. The van der Waals surface area contributed by atoms with E-state index in [0.717, 1.165) is 11.1 Å². The predicted octanol–water partition coefficient (Wildman–Crippen LogP) is 3.07. The van der Waals surface area contributed by atoms with Crippen LogP contribution in [0.25, 0.3) is 0 Å². The summed E-state index contributed by atoms with van der Waals surface area (Å²) in [7, 11) is -3.65. The average molecular weight is 367 g/mol. The number of sulfonamides is 1. The van der Waals surface area contributed by atoms with Crippen LogP contribution in [-0.2, 0) is 10.0 Å². The minimum atomic E-state index is -3.65. The van der Waals surface area contributed by atoms with Crippen LogP contribution in [0.15, 0.2) is 64.6 Å². The summed E-state index contributed by atoms with van der Waals surface area (Å²) >= 11 is 3.32. The highest BCUT2D eigenvalue weighted by atomic mass is 79.9. The van der Waals surface area contributed by atoms with Crippen LogP contribution in [0.5, 0.6) is 0 Å². The van der Waals surface area contributed by atoms with Crippen molar-refractivity contribution in [2.75, 3.05) is 5.33 Å². The molecule has 0 heterocycles. The normalized spacial score (nSPS) is 12.2. The Morgan fingerprint density at radius 3 is 2.29 bits per heavy atom. The highest BCUT2D eigenvalue weighted by Gasteiger charge is 2.13. The Kier molecular flexibility index (Phi) is 5.14. The molecule has 0 saturated heterocycles. The van der Waals surface area contributed by atoms with Crippen molar-refractivity contribution >= 4 is 31.7 Å². The molecule has 4 nitrogen and oxygen atoms in total. The van der Waals surface area contributed by atoms with Crippen LogP contribution in [0.2, 0.25) is 0 Å². The lowest BCUT2D eigenvalue weighted by atomic mass is 10.1. The van der Waals surface area contributed by atoms with E-state index in [9.17, 15) is 8.42 Å². The zero-order valence-electron chi connectivity index (χ0n) is 11.5. The summed E-state index contributed by atoms with van der Waals surface area (Å²) < 4.78 is 24.3. The van der Waals surface area contributed by atoms with Gasteiger partial charge in [0, 0.05) is 5.33 Å². The number of nitrogens with one attached hydrogen (secondary N) is 1. The topological polar surface area (TPSA) is 58.5 Å². The third-order valence-corrected chi connectivity index (χ3v) is 4.62. The third kappa shape index (κ3) is 4.15. The number of halogens is 1. The molecule has 6 heteroatoms. The smallest absolute Gasteiger partial charge is 0.200 e. The van der Waals surface area contributed by atoms with Gasteiger partial charge in [0.2, 0.25) is 0 Å². The van der Waals surface area contributed by atoms with Crippen LogP contribution < -0.4 is 4.83 Å². The molecule has 0 spiro atoms. The number of rotatable bonds is 5. The van der Waals surface area contributed by atoms with Gasteiger partial charge in [-0.1, -0.05) is 64.0 Å². The van der Waals surface area contributed by atoms with Crippen molar-refractivity contribution in [2.45, 2.75) is 11.8 Å². The lowest BCUT2D eigenvalue weighted by Gasteiger charge is -2.07. The number of aryl methyl sites for hydroxylation is 1. The van der Waals surface area contributed by atoms with E-state index >= 15 is 0 Å². The Bertz CT molecular complexity index is 726. The largest absolute Gasteiger partial charge is 0.276 e. The van der Waals surface area contributed by atoms with Crippen molar-refractivity contribution in [3.63, 3.8) is 0 Å². The van der Waals surface area contributed by atoms with Gasteiger partial charge < -0.3 is 0 Å². The van der Waals surface area contributed by atoms with Crippen LogP contribution in [0.3, 0.4) is 0 Å². The molecule has 1 N–H and O–H groups in total.